The van der Waals surface area contributed by atoms with Crippen LogP contribution >= 0.6 is 0 Å². The summed E-state index contributed by atoms with van der Waals surface area (Å²) in [6, 6.07) is 0.197. The lowest BCUT2D eigenvalue weighted by atomic mass is 9.80. The second-order valence-corrected chi connectivity index (χ2v) is 7.12. The highest BCUT2D eigenvalue weighted by atomic mass is 16.5. The van der Waals surface area contributed by atoms with Gasteiger partial charge in [-0.2, -0.15) is 0 Å². The summed E-state index contributed by atoms with van der Waals surface area (Å²) < 4.78 is 5.93. The van der Waals surface area contributed by atoms with Crippen LogP contribution in [-0.2, 0) is 14.3 Å². The van der Waals surface area contributed by atoms with Gasteiger partial charge in [-0.15, -0.1) is 0 Å². The van der Waals surface area contributed by atoms with Crippen molar-refractivity contribution in [2.24, 2.45) is 0 Å². The lowest BCUT2D eigenvalue weighted by molar-refractivity contribution is -0.143. The topological polar surface area (TPSA) is 58.6 Å². The fraction of sp³-hybridized carbons (Fsp3) is 0.875. The van der Waals surface area contributed by atoms with Crippen molar-refractivity contribution in [1.82, 2.24) is 10.2 Å². The predicted molar refractivity (Wildman–Crippen MR) is 76.6 cm³/mol. The number of hydrogen-bond acceptors (Lipinski definition) is 3. The molecule has 116 valence electrons. The van der Waals surface area contributed by atoms with Gasteiger partial charge >= 0.3 is 0 Å². The number of fused-ring (bicyclic) bond motifs is 2. The van der Waals surface area contributed by atoms with Gasteiger partial charge in [0.25, 0.3) is 0 Å². The quantitative estimate of drug-likeness (QED) is 0.794. The molecule has 3 aliphatic heterocycles. The van der Waals surface area contributed by atoms with E-state index >= 15 is 0 Å². The third-order valence-corrected chi connectivity index (χ3v) is 5.81. The van der Waals surface area contributed by atoms with Crippen molar-refractivity contribution in [2.75, 3.05) is 6.54 Å². The van der Waals surface area contributed by atoms with E-state index in [0.29, 0.717) is 19.1 Å². The molecule has 21 heavy (non-hydrogen) atoms. The van der Waals surface area contributed by atoms with Crippen molar-refractivity contribution in [3.63, 3.8) is 0 Å². The van der Waals surface area contributed by atoms with Crippen LogP contribution in [0.3, 0.4) is 0 Å². The summed E-state index contributed by atoms with van der Waals surface area (Å²) in [5.74, 6) is 0.200. The minimum atomic E-state index is -0.617. The second kappa shape index (κ2) is 4.97. The SMILES string of the molecule is O=C1CCN(C2CC3CCC2O3)C(=O)C2(CCCCC2)N1. The number of nitrogens with one attached hydrogen (secondary N) is 1. The maximum atomic E-state index is 13.2. The largest absolute Gasteiger partial charge is 0.373 e. The molecule has 5 nitrogen and oxygen atoms in total. The van der Waals surface area contributed by atoms with E-state index in [1.807, 2.05) is 4.90 Å². The first kappa shape index (κ1) is 13.6. The van der Waals surface area contributed by atoms with Crippen molar-refractivity contribution < 1.29 is 14.3 Å². The molecule has 3 saturated heterocycles. The normalized spacial score (nSPS) is 38.7. The van der Waals surface area contributed by atoms with E-state index in [-0.39, 0.29) is 24.0 Å². The van der Waals surface area contributed by atoms with E-state index in [1.165, 1.54) is 6.42 Å². The Morgan fingerprint density at radius 3 is 2.62 bits per heavy atom. The summed E-state index contributed by atoms with van der Waals surface area (Å²) in [6.07, 6.45) is 8.96. The first-order valence-electron chi connectivity index (χ1n) is 8.45. The molecule has 1 aliphatic carbocycles. The van der Waals surface area contributed by atoms with Gasteiger partial charge in [-0.3, -0.25) is 9.59 Å². The van der Waals surface area contributed by atoms with Crippen molar-refractivity contribution >= 4 is 11.8 Å². The highest BCUT2D eigenvalue weighted by Gasteiger charge is 2.51. The van der Waals surface area contributed by atoms with Crippen LogP contribution in [0.4, 0.5) is 0 Å². The Morgan fingerprint density at radius 2 is 1.95 bits per heavy atom. The van der Waals surface area contributed by atoms with Crippen LogP contribution in [0.1, 0.15) is 57.8 Å². The Labute approximate surface area is 125 Å². The monoisotopic (exact) mass is 292 g/mol. The lowest BCUT2D eigenvalue weighted by Crippen LogP contribution is -2.60. The van der Waals surface area contributed by atoms with E-state index in [2.05, 4.69) is 5.32 Å². The summed E-state index contributed by atoms with van der Waals surface area (Å²) in [5.41, 5.74) is -0.617. The molecule has 2 amide bonds. The molecule has 4 fully saturated rings. The van der Waals surface area contributed by atoms with Crippen LogP contribution in [0.5, 0.6) is 0 Å². The molecule has 3 unspecified atom stereocenters. The van der Waals surface area contributed by atoms with Crippen LogP contribution in [0.2, 0.25) is 0 Å². The molecule has 3 atom stereocenters. The van der Waals surface area contributed by atoms with Gasteiger partial charge in [-0.25, -0.2) is 0 Å². The highest BCUT2D eigenvalue weighted by molar-refractivity contribution is 5.93. The first-order chi connectivity index (χ1) is 10.2. The Balaban J connectivity index is 1.61. The summed E-state index contributed by atoms with van der Waals surface area (Å²) >= 11 is 0. The lowest BCUT2D eigenvalue weighted by Gasteiger charge is -2.41. The number of amides is 2. The number of nitrogens with zero attached hydrogens (tertiary/aromatic N) is 1. The average molecular weight is 292 g/mol. The number of hydrogen-bond donors (Lipinski definition) is 1. The number of rotatable bonds is 1. The van der Waals surface area contributed by atoms with E-state index in [9.17, 15) is 9.59 Å². The van der Waals surface area contributed by atoms with E-state index in [1.54, 1.807) is 0 Å². The van der Waals surface area contributed by atoms with Crippen LogP contribution in [0, 0.1) is 0 Å². The van der Waals surface area contributed by atoms with Gasteiger partial charge in [0.15, 0.2) is 0 Å². The van der Waals surface area contributed by atoms with E-state index in [0.717, 1.165) is 44.9 Å². The smallest absolute Gasteiger partial charge is 0.248 e. The first-order valence-corrected chi connectivity index (χ1v) is 8.45. The van der Waals surface area contributed by atoms with Gasteiger partial charge in [0.2, 0.25) is 11.8 Å². The van der Waals surface area contributed by atoms with Crippen LogP contribution in [0.25, 0.3) is 0 Å². The minimum Gasteiger partial charge on any atom is -0.373 e. The summed E-state index contributed by atoms with van der Waals surface area (Å²) in [4.78, 5) is 27.3. The van der Waals surface area contributed by atoms with Crippen molar-refractivity contribution in [2.45, 2.75) is 81.6 Å². The number of ether oxygens (including phenoxy) is 1. The van der Waals surface area contributed by atoms with Crippen molar-refractivity contribution in [3.8, 4) is 0 Å². The molecule has 2 bridgehead atoms. The van der Waals surface area contributed by atoms with Gasteiger partial charge in [-0.1, -0.05) is 19.3 Å². The molecule has 3 heterocycles. The van der Waals surface area contributed by atoms with Crippen LogP contribution < -0.4 is 5.32 Å². The molecule has 0 aromatic rings. The van der Waals surface area contributed by atoms with Crippen molar-refractivity contribution in [3.05, 3.63) is 0 Å². The average Bonchev–Trinajstić information content (AvgIpc) is 3.08. The van der Waals surface area contributed by atoms with E-state index < -0.39 is 5.54 Å². The maximum Gasteiger partial charge on any atom is 0.248 e. The molecule has 4 aliphatic rings. The van der Waals surface area contributed by atoms with Gasteiger partial charge in [0.1, 0.15) is 5.54 Å². The number of carbonyl (C=O) groups is 2. The predicted octanol–water partition coefficient (Wildman–Crippen LogP) is 1.36. The van der Waals surface area contributed by atoms with Gasteiger partial charge in [-0.05, 0) is 32.1 Å². The Bertz CT molecular complexity index is 458. The number of carbonyl (C=O) groups excluding carboxylic acids is 2. The Morgan fingerprint density at radius 1 is 1.14 bits per heavy atom. The third kappa shape index (κ3) is 2.17. The zero-order valence-corrected chi connectivity index (χ0v) is 12.5. The van der Waals surface area contributed by atoms with Gasteiger partial charge < -0.3 is 15.0 Å². The molecule has 1 saturated carbocycles. The molecule has 0 aromatic heterocycles. The van der Waals surface area contributed by atoms with Crippen LogP contribution in [0.15, 0.2) is 0 Å². The molecule has 4 rings (SSSR count). The molecule has 5 heteroatoms. The van der Waals surface area contributed by atoms with E-state index in [4.69, 9.17) is 4.74 Å². The molecule has 1 spiro atoms. The minimum absolute atomic E-state index is 0.0387. The standard InChI is InChI=1S/C16H24N2O3/c19-14-6-9-18(12-10-11-4-5-13(12)21-11)15(20)16(17-14)7-2-1-3-8-16/h11-13H,1-10H2,(H,17,19). The van der Waals surface area contributed by atoms with Gasteiger partial charge in [0, 0.05) is 13.0 Å². The second-order valence-electron chi connectivity index (χ2n) is 7.12. The molecular weight excluding hydrogens is 268 g/mol. The molecule has 0 aromatic carbocycles. The summed E-state index contributed by atoms with van der Waals surface area (Å²) in [5, 5.41) is 3.07. The fourth-order valence-corrected chi connectivity index (χ4v) is 4.73. The Hall–Kier alpha value is -1.10. The molecular formula is C16H24N2O3. The van der Waals surface area contributed by atoms with Crippen molar-refractivity contribution in [1.29, 1.82) is 0 Å². The molecule has 1 N–H and O–H groups in total. The molecule has 0 radical (unpaired) electrons. The fourth-order valence-electron chi connectivity index (χ4n) is 4.73. The summed E-state index contributed by atoms with van der Waals surface area (Å²) in [6.45, 7) is 0.559. The highest BCUT2D eigenvalue weighted by Crippen LogP contribution is 2.40. The van der Waals surface area contributed by atoms with Crippen LogP contribution in [-0.4, -0.2) is 47.0 Å². The maximum absolute atomic E-state index is 13.2. The van der Waals surface area contributed by atoms with Gasteiger partial charge in [0.05, 0.1) is 18.2 Å². The summed E-state index contributed by atoms with van der Waals surface area (Å²) in [7, 11) is 0. The zero-order chi connectivity index (χ0) is 14.4. The third-order valence-electron chi connectivity index (χ3n) is 5.81. The Kier molecular flexibility index (Phi) is 3.21. The zero-order valence-electron chi connectivity index (χ0n) is 12.5.